The Hall–Kier alpha value is -3.24. The summed E-state index contributed by atoms with van der Waals surface area (Å²) >= 11 is 0. The van der Waals surface area contributed by atoms with E-state index in [9.17, 15) is 18.8 Å². The summed E-state index contributed by atoms with van der Waals surface area (Å²) in [5.41, 5.74) is 1.42. The van der Waals surface area contributed by atoms with Crippen molar-refractivity contribution in [2.75, 3.05) is 31.1 Å². The molecule has 1 unspecified atom stereocenters. The molecule has 9 nitrogen and oxygen atoms in total. The van der Waals surface area contributed by atoms with Gasteiger partial charge in [-0.25, -0.2) is 4.39 Å². The Morgan fingerprint density at radius 2 is 1.85 bits per heavy atom. The average molecular weight is 456 g/mol. The number of hydrogen-bond donors (Lipinski definition) is 2. The summed E-state index contributed by atoms with van der Waals surface area (Å²) in [4.78, 5) is 42.1. The molecule has 0 aliphatic carbocycles. The fraction of sp³-hybridized carbons (Fsp3) is 0.435. The van der Waals surface area contributed by atoms with E-state index in [2.05, 4.69) is 10.2 Å². The number of aliphatic hydroxyl groups excluding tert-OH is 1. The van der Waals surface area contributed by atoms with Crippen molar-refractivity contribution < 1.29 is 28.3 Å². The van der Waals surface area contributed by atoms with Crippen molar-refractivity contribution >= 4 is 23.4 Å². The molecule has 3 aliphatic rings. The Balaban J connectivity index is 1.26. The number of nitrogens with one attached hydrogen (secondary N) is 1. The third kappa shape index (κ3) is 4.11. The summed E-state index contributed by atoms with van der Waals surface area (Å²) in [5, 5.41) is 11.4. The minimum absolute atomic E-state index is 0.130. The van der Waals surface area contributed by atoms with E-state index in [4.69, 9.17) is 9.52 Å². The van der Waals surface area contributed by atoms with Crippen molar-refractivity contribution in [3.8, 4) is 0 Å². The molecule has 174 valence electrons. The fourth-order valence-corrected chi connectivity index (χ4v) is 4.78. The van der Waals surface area contributed by atoms with E-state index in [0.717, 1.165) is 5.76 Å². The Bertz CT molecular complexity index is 1110. The molecular weight excluding hydrogens is 431 g/mol. The second kappa shape index (κ2) is 8.60. The SMILES string of the molecule is O=C1CCC(N2Cc3cc(N4CCN(Cc5ccc(CO)o5)CC4)c(F)cc3C2=O)C(=O)N1. The number of hydrogen-bond acceptors (Lipinski definition) is 7. The van der Waals surface area contributed by atoms with Gasteiger partial charge in [0.05, 0.1) is 12.2 Å². The van der Waals surface area contributed by atoms with Crippen LogP contribution in [-0.2, 0) is 29.3 Å². The zero-order chi connectivity index (χ0) is 23.1. The van der Waals surface area contributed by atoms with E-state index >= 15 is 0 Å². The number of amides is 3. The van der Waals surface area contributed by atoms with Crippen LogP contribution in [0.15, 0.2) is 28.7 Å². The highest BCUT2D eigenvalue weighted by atomic mass is 19.1. The van der Waals surface area contributed by atoms with Crippen molar-refractivity contribution in [2.24, 2.45) is 0 Å². The van der Waals surface area contributed by atoms with Crippen LogP contribution < -0.4 is 10.2 Å². The van der Waals surface area contributed by atoms with Crippen LogP contribution in [0, 0.1) is 5.82 Å². The maximum absolute atomic E-state index is 15.0. The number of nitrogens with zero attached hydrogens (tertiary/aromatic N) is 3. The largest absolute Gasteiger partial charge is 0.462 e. The van der Waals surface area contributed by atoms with Crippen LogP contribution in [0.3, 0.4) is 0 Å². The minimum Gasteiger partial charge on any atom is -0.462 e. The van der Waals surface area contributed by atoms with Crippen LogP contribution in [0.5, 0.6) is 0 Å². The number of carbonyl (C=O) groups is 3. The van der Waals surface area contributed by atoms with E-state index < -0.39 is 17.8 Å². The number of rotatable bonds is 5. The number of benzene rings is 1. The van der Waals surface area contributed by atoms with Gasteiger partial charge < -0.3 is 19.3 Å². The van der Waals surface area contributed by atoms with E-state index in [1.54, 1.807) is 12.1 Å². The summed E-state index contributed by atoms with van der Waals surface area (Å²) in [5.74, 6) is -0.344. The minimum atomic E-state index is -0.717. The van der Waals surface area contributed by atoms with Crippen molar-refractivity contribution in [2.45, 2.75) is 38.6 Å². The van der Waals surface area contributed by atoms with Crippen LogP contribution >= 0.6 is 0 Å². The Kier molecular flexibility index (Phi) is 5.63. The molecule has 0 saturated carbocycles. The predicted molar refractivity (Wildman–Crippen MR) is 115 cm³/mol. The number of imide groups is 1. The Morgan fingerprint density at radius 1 is 1.09 bits per heavy atom. The van der Waals surface area contributed by atoms with Crippen LogP contribution in [0.25, 0.3) is 0 Å². The van der Waals surface area contributed by atoms with Crippen molar-refractivity contribution in [1.29, 1.82) is 0 Å². The normalized spacial score (nSPS) is 21.5. The number of halogens is 1. The number of anilines is 1. The van der Waals surface area contributed by atoms with Gasteiger partial charge in [-0.15, -0.1) is 0 Å². The van der Waals surface area contributed by atoms with Gasteiger partial charge in [0.2, 0.25) is 11.8 Å². The molecule has 2 fully saturated rings. The lowest BCUT2D eigenvalue weighted by Crippen LogP contribution is -2.52. The zero-order valence-electron chi connectivity index (χ0n) is 18.1. The van der Waals surface area contributed by atoms with Gasteiger partial charge in [-0.1, -0.05) is 0 Å². The Labute approximate surface area is 189 Å². The second-order valence-corrected chi connectivity index (χ2v) is 8.65. The lowest BCUT2D eigenvalue weighted by molar-refractivity contribution is -0.136. The third-order valence-electron chi connectivity index (χ3n) is 6.56. The fourth-order valence-electron chi connectivity index (χ4n) is 4.78. The number of piperazine rings is 1. The van der Waals surface area contributed by atoms with Gasteiger partial charge in [-0.05, 0) is 36.2 Å². The van der Waals surface area contributed by atoms with Crippen LogP contribution in [-0.4, -0.2) is 64.8 Å². The molecule has 33 heavy (non-hydrogen) atoms. The second-order valence-electron chi connectivity index (χ2n) is 8.65. The lowest BCUT2D eigenvalue weighted by Gasteiger charge is -2.36. The lowest BCUT2D eigenvalue weighted by atomic mass is 10.0. The van der Waals surface area contributed by atoms with E-state index in [1.165, 1.54) is 11.0 Å². The molecular formula is C23H25FN4O5. The molecule has 2 N–H and O–H groups in total. The molecule has 2 saturated heterocycles. The molecule has 0 bridgehead atoms. The van der Waals surface area contributed by atoms with Crippen molar-refractivity contribution in [1.82, 2.24) is 15.1 Å². The Morgan fingerprint density at radius 3 is 2.55 bits per heavy atom. The summed E-state index contributed by atoms with van der Waals surface area (Å²) in [6.45, 7) is 3.38. The standard InChI is InChI=1S/C23H25FN4O5/c24-18-10-17-14(11-28(23(17)32)19-3-4-21(30)25-22(19)31)9-20(18)27-7-5-26(6-8-27)12-15-1-2-16(13-29)33-15/h1-2,9-10,19,29H,3-8,11-13H2,(H,25,30,31). The van der Waals surface area contributed by atoms with Gasteiger partial charge in [0.25, 0.3) is 5.91 Å². The smallest absolute Gasteiger partial charge is 0.255 e. The maximum atomic E-state index is 15.0. The van der Waals surface area contributed by atoms with Gasteiger partial charge in [0.1, 0.15) is 30.0 Å². The van der Waals surface area contributed by atoms with Crippen molar-refractivity contribution in [3.05, 3.63) is 52.7 Å². The molecule has 3 amide bonds. The molecule has 0 spiro atoms. The summed E-state index contributed by atoms with van der Waals surface area (Å²) < 4.78 is 20.5. The topological polar surface area (TPSA) is 106 Å². The molecule has 5 rings (SSSR count). The van der Waals surface area contributed by atoms with Crippen LogP contribution in [0.1, 0.15) is 40.3 Å². The van der Waals surface area contributed by atoms with Gasteiger partial charge in [-0.3, -0.25) is 24.6 Å². The molecule has 1 aromatic carbocycles. The first kappa shape index (κ1) is 21.6. The average Bonchev–Trinajstić information content (AvgIpc) is 3.38. The quantitative estimate of drug-likeness (QED) is 0.647. The third-order valence-corrected chi connectivity index (χ3v) is 6.56. The first-order valence-corrected chi connectivity index (χ1v) is 11.1. The first-order chi connectivity index (χ1) is 15.9. The number of aliphatic hydroxyl groups is 1. The molecule has 4 heterocycles. The predicted octanol–water partition coefficient (Wildman–Crippen LogP) is 0.994. The molecule has 1 aromatic heterocycles. The summed E-state index contributed by atoms with van der Waals surface area (Å²) in [7, 11) is 0. The number of carbonyl (C=O) groups excluding carboxylic acids is 3. The number of piperidine rings is 1. The zero-order valence-corrected chi connectivity index (χ0v) is 18.1. The highest BCUT2D eigenvalue weighted by Crippen LogP contribution is 2.33. The molecule has 3 aliphatic heterocycles. The van der Waals surface area contributed by atoms with Gasteiger partial charge >= 0.3 is 0 Å². The summed E-state index contributed by atoms with van der Waals surface area (Å²) in [6, 6.07) is 5.87. The number of fused-ring (bicyclic) bond motifs is 1. The molecule has 0 radical (unpaired) electrons. The number of furan rings is 1. The van der Waals surface area contributed by atoms with Gasteiger partial charge in [-0.2, -0.15) is 0 Å². The van der Waals surface area contributed by atoms with Gasteiger partial charge in [0.15, 0.2) is 0 Å². The van der Waals surface area contributed by atoms with Crippen LogP contribution in [0.2, 0.25) is 0 Å². The van der Waals surface area contributed by atoms with E-state index in [-0.39, 0.29) is 43.4 Å². The molecule has 1 atom stereocenters. The van der Waals surface area contributed by atoms with Crippen molar-refractivity contribution in [3.63, 3.8) is 0 Å². The first-order valence-electron chi connectivity index (χ1n) is 11.1. The van der Waals surface area contributed by atoms with Crippen LogP contribution in [0.4, 0.5) is 10.1 Å². The monoisotopic (exact) mass is 456 g/mol. The molecule has 10 heteroatoms. The van der Waals surface area contributed by atoms with Gasteiger partial charge in [0, 0.05) is 44.7 Å². The van der Waals surface area contributed by atoms with E-state index in [0.29, 0.717) is 49.7 Å². The molecule has 2 aromatic rings. The van der Waals surface area contributed by atoms with E-state index in [1.807, 2.05) is 11.0 Å². The highest BCUT2D eigenvalue weighted by Gasteiger charge is 2.40. The highest BCUT2D eigenvalue weighted by molar-refractivity contribution is 6.05. The summed E-state index contributed by atoms with van der Waals surface area (Å²) in [6.07, 6.45) is 0.455. The maximum Gasteiger partial charge on any atom is 0.255 e.